The van der Waals surface area contributed by atoms with Gasteiger partial charge in [0.05, 0.1) is 18.2 Å². The Morgan fingerprint density at radius 3 is 2.79 bits per heavy atom. The SMILES string of the molecule is COC(=O)c1cn2c3c(cccc13)C(C)(C)CC2=O. The zero-order valence-electron chi connectivity index (χ0n) is 11.2. The van der Waals surface area contributed by atoms with Crippen LogP contribution in [0.15, 0.2) is 24.4 Å². The Morgan fingerprint density at radius 2 is 2.11 bits per heavy atom. The first-order valence-electron chi connectivity index (χ1n) is 6.22. The molecular weight excluding hydrogens is 242 g/mol. The van der Waals surface area contributed by atoms with Gasteiger partial charge in [-0.25, -0.2) is 4.79 Å². The second-order valence-corrected chi connectivity index (χ2v) is 5.56. The number of carbonyl (C=O) groups excluding carboxylic acids is 2. The second kappa shape index (κ2) is 3.70. The fourth-order valence-corrected chi connectivity index (χ4v) is 2.86. The highest BCUT2D eigenvalue weighted by Gasteiger charge is 2.34. The van der Waals surface area contributed by atoms with Crippen LogP contribution in [0, 0.1) is 0 Å². The smallest absolute Gasteiger partial charge is 0.340 e. The molecule has 0 atom stereocenters. The number of hydrogen-bond acceptors (Lipinski definition) is 3. The summed E-state index contributed by atoms with van der Waals surface area (Å²) in [5.74, 6) is -0.391. The zero-order chi connectivity index (χ0) is 13.8. The van der Waals surface area contributed by atoms with E-state index in [0.717, 1.165) is 16.5 Å². The maximum atomic E-state index is 12.2. The van der Waals surface area contributed by atoms with Gasteiger partial charge in [0.15, 0.2) is 0 Å². The lowest BCUT2D eigenvalue weighted by Gasteiger charge is -2.30. The highest BCUT2D eigenvalue weighted by molar-refractivity contribution is 6.09. The Labute approximate surface area is 111 Å². The van der Waals surface area contributed by atoms with Crippen molar-refractivity contribution in [2.75, 3.05) is 7.11 Å². The van der Waals surface area contributed by atoms with Crippen LogP contribution in [0.5, 0.6) is 0 Å². The minimum Gasteiger partial charge on any atom is -0.465 e. The molecule has 0 radical (unpaired) electrons. The van der Waals surface area contributed by atoms with E-state index < -0.39 is 5.97 Å². The van der Waals surface area contributed by atoms with E-state index in [1.54, 1.807) is 10.8 Å². The van der Waals surface area contributed by atoms with Crippen molar-refractivity contribution in [2.45, 2.75) is 25.7 Å². The van der Waals surface area contributed by atoms with Gasteiger partial charge in [0.1, 0.15) is 0 Å². The van der Waals surface area contributed by atoms with Crippen LogP contribution in [0.4, 0.5) is 0 Å². The Kier molecular flexibility index (Phi) is 2.33. The maximum absolute atomic E-state index is 12.2. The summed E-state index contributed by atoms with van der Waals surface area (Å²) < 4.78 is 6.37. The van der Waals surface area contributed by atoms with Gasteiger partial charge in [0.25, 0.3) is 0 Å². The molecule has 3 rings (SSSR count). The fraction of sp³-hybridized carbons (Fsp3) is 0.333. The third-order valence-corrected chi connectivity index (χ3v) is 3.82. The van der Waals surface area contributed by atoms with Crippen LogP contribution in [0.2, 0.25) is 0 Å². The minimum atomic E-state index is -0.409. The molecule has 2 heterocycles. The number of ether oxygens (including phenoxy) is 1. The average Bonchev–Trinajstić information content (AvgIpc) is 2.75. The Hall–Kier alpha value is -2.10. The number of rotatable bonds is 1. The third kappa shape index (κ3) is 1.52. The number of carbonyl (C=O) groups is 2. The monoisotopic (exact) mass is 257 g/mol. The van der Waals surface area contributed by atoms with Crippen molar-refractivity contribution in [3.8, 4) is 0 Å². The summed E-state index contributed by atoms with van der Waals surface area (Å²) in [6, 6.07) is 5.80. The maximum Gasteiger partial charge on any atom is 0.340 e. The summed E-state index contributed by atoms with van der Waals surface area (Å²) in [5.41, 5.74) is 2.17. The molecule has 4 nitrogen and oxygen atoms in total. The van der Waals surface area contributed by atoms with E-state index in [2.05, 4.69) is 0 Å². The summed E-state index contributed by atoms with van der Waals surface area (Å²) >= 11 is 0. The first kappa shape index (κ1) is 12.0. The fourth-order valence-electron chi connectivity index (χ4n) is 2.86. The van der Waals surface area contributed by atoms with Crippen molar-refractivity contribution in [1.82, 2.24) is 4.57 Å². The molecule has 0 spiro atoms. The molecule has 98 valence electrons. The normalized spacial score (nSPS) is 16.7. The number of methoxy groups -OCH3 is 1. The van der Waals surface area contributed by atoms with Crippen molar-refractivity contribution in [3.63, 3.8) is 0 Å². The molecule has 1 aliphatic rings. The number of esters is 1. The van der Waals surface area contributed by atoms with Gasteiger partial charge in [0, 0.05) is 23.4 Å². The minimum absolute atomic E-state index is 0.0175. The molecule has 2 aromatic rings. The summed E-state index contributed by atoms with van der Waals surface area (Å²) in [7, 11) is 1.35. The molecule has 1 aromatic carbocycles. The van der Waals surface area contributed by atoms with Gasteiger partial charge in [-0.2, -0.15) is 0 Å². The molecule has 1 aliphatic heterocycles. The van der Waals surface area contributed by atoms with Crippen molar-refractivity contribution < 1.29 is 14.3 Å². The molecule has 19 heavy (non-hydrogen) atoms. The third-order valence-electron chi connectivity index (χ3n) is 3.82. The number of nitrogens with zero attached hydrogens (tertiary/aromatic N) is 1. The average molecular weight is 257 g/mol. The van der Waals surface area contributed by atoms with Gasteiger partial charge in [-0.1, -0.05) is 32.0 Å². The van der Waals surface area contributed by atoms with Crippen LogP contribution in [0.3, 0.4) is 0 Å². The summed E-state index contributed by atoms with van der Waals surface area (Å²) in [6.45, 7) is 4.10. The predicted octanol–water partition coefficient (Wildman–Crippen LogP) is 2.75. The molecule has 4 heteroatoms. The highest BCUT2D eigenvalue weighted by atomic mass is 16.5. The number of hydrogen-bond donors (Lipinski definition) is 0. The van der Waals surface area contributed by atoms with Crippen LogP contribution < -0.4 is 0 Å². The Bertz CT molecular complexity index is 709. The number of benzene rings is 1. The lowest BCUT2D eigenvalue weighted by molar-refractivity contribution is 0.0603. The first-order chi connectivity index (χ1) is 8.95. The molecule has 0 N–H and O–H groups in total. The molecule has 0 saturated heterocycles. The van der Waals surface area contributed by atoms with Crippen LogP contribution in [-0.2, 0) is 10.2 Å². The van der Waals surface area contributed by atoms with Crippen molar-refractivity contribution in [3.05, 3.63) is 35.5 Å². The quantitative estimate of drug-likeness (QED) is 0.738. The van der Waals surface area contributed by atoms with E-state index in [0.29, 0.717) is 12.0 Å². The van der Waals surface area contributed by atoms with Gasteiger partial charge < -0.3 is 4.74 Å². The lowest BCUT2D eigenvalue weighted by Crippen LogP contribution is -2.30. The molecule has 1 aromatic heterocycles. The van der Waals surface area contributed by atoms with Crippen molar-refractivity contribution >= 4 is 22.8 Å². The molecule has 0 fully saturated rings. The molecule has 0 aliphatic carbocycles. The lowest BCUT2D eigenvalue weighted by atomic mass is 9.78. The molecule has 0 bridgehead atoms. The van der Waals surface area contributed by atoms with Crippen LogP contribution in [-0.4, -0.2) is 23.6 Å². The van der Waals surface area contributed by atoms with Crippen LogP contribution in [0.25, 0.3) is 10.9 Å². The summed E-state index contributed by atoms with van der Waals surface area (Å²) in [4.78, 5) is 24.0. The number of para-hydroxylation sites is 1. The Balaban J connectivity index is 2.42. The number of aromatic nitrogens is 1. The van der Waals surface area contributed by atoms with E-state index in [1.807, 2.05) is 32.0 Å². The molecule has 0 saturated carbocycles. The highest BCUT2D eigenvalue weighted by Crippen LogP contribution is 2.39. The van der Waals surface area contributed by atoms with Gasteiger partial charge in [0.2, 0.25) is 5.91 Å². The summed E-state index contributed by atoms with van der Waals surface area (Å²) in [5, 5.41) is 0.783. The topological polar surface area (TPSA) is 48.3 Å². The van der Waals surface area contributed by atoms with E-state index >= 15 is 0 Å². The van der Waals surface area contributed by atoms with Crippen LogP contribution in [0.1, 0.15) is 41.0 Å². The van der Waals surface area contributed by atoms with Gasteiger partial charge in [-0.15, -0.1) is 0 Å². The van der Waals surface area contributed by atoms with Gasteiger partial charge in [-0.05, 0) is 5.56 Å². The van der Waals surface area contributed by atoms with Gasteiger partial charge in [-0.3, -0.25) is 9.36 Å². The van der Waals surface area contributed by atoms with Crippen LogP contribution >= 0.6 is 0 Å². The van der Waals surface area contributed by atoms with Crippen molar-refractivity contribution in [1.29, 1.82) is 0 Å². The van der Waals surface area contributed by atoms with Crippen molar-refractivity contribution in [2.24, 2.45) is 0 Å². The first-order valence-corrected chi connectivity index (χ1v) is 6.22. The molecule has 0 amide bonds. The van der Waals surface area contributed by atoms with E-state index in [4.69, 9.17) is 4.74 Å². The largest absolute Gasteiger partial charge is 0.465 e. The van der Waals surface area contributed by atoms with E-state index in [-0.39, 0.29) is 11.3 Å². The zero-order valence-corrected chi connectivity index (χ0v) is 11.2. The summed E-state index contributed by atoms with van der Waals surface area (Å²) in [6.07, 6.45) is 2.03. The standard InChI is InChI=1S/C15H15NO3/c1-15(2)7-12(17)16-8-10(14(18)19-3)9-5-4-6-11(15)13(9)16/h4-6,8H,7H2,1-3H3. The second-order valence-electron chi connectivity index (χ2n) is 5.56. The van der Waals surface area contributed by atoms with E-state index in [1.165, 1.54) is 7.11 Å². The Morgan fingerprint density at radius 1 is 1.37 bits per heavy atom. The molecule has 0 unspecified atom stereocenters. The van der Waals surface area contributed by atoms with E-state index in [9.17, 15) is 9.59 Å². The van der Waals surface area contributed by atoms with Gasteiger partial charge >= 0.3 is 5.97 Å². The predicted molar refractivity (Wildman–Crippen MR) is 71.5 cm³/mol. The molecular formula is C15H15NO3.